The molecule has 0 spiro atoms. The highest BCUT2D eigenvalue weighted by Gasteiger charge is 2.74. The van der Waals surface area contributed by atoms with E-state index in [-0.39, 0.29) is 47.9 Å². The van der Waals surface area contributed by atoms with Crippen LogP contribution in [0.5, 0.6) is 0 Å². The second-order valence-electron chi connectivity index (χ2n) is 10.5. The standard InChI is InChI=1S/C23H34O7/c1-10-7-15(25)21(27)23(5)13(10)8-16-22(4)14(9-17(26)30-16)11(2)18(28-6)19(20(22)23)29-12(3)24/h10-11,13-16,18-20,25H,7-9H2,1-6H3/t10-,11-,13+,14?,15+,16?,18+,19-,20+,22-,23+/m1/s1. The highest BCUT2D eigenvalue weighted by atomic mass is 16.6. The molecule has 1 heterocycles. The van der Waals surface area contributed by atoms with Crippen LogP contribution in [0.2, 0.25) is 0 Å². The second-order valence-corrected chi connectivity index (χ2v) is 10.5. The zero-order chi connectivity index (χ0) is 22.2. The lowest BCUT2D eigenvalue weighted by molar-refractivity contribution is -0.288. The van der Waals surface area contributed by atoms with Crippen molar-refractivity contribution in [2.24, 2.45) is 40.4 Å². The van der Waals surface area contributed by atoms with Crippen molar-refractivity contribution in [3.63, 3.8) is 0 Å². The number of rotatable bonds is 2. The van der Waals surface area contributed by atoms with E-state index in [4.69, 9.17) is 14.2 Å². The molecule has 1 aliphatic heterocycles. The van der Waals surface area contributed by atoms with Crippen molar-refractivity contribution in [3.8, 4) is 0 Å². The van der Waals surface area contributed by atoms with Gasteiger partial charge < -0.3 is 19.3 Å². The van der Waals surface area contributed by atoms with E-state index in [2.05, 4.69) is 6.92 Å². The average molecular weight is 423 g/mol. The molecule has 2 unspecified atom stereocenters. The molecular formula is C23H34O7. The highest BCUT2D eigenvalue weighted by Crippen LogP contribution is 2.68. The van der Waals surface area contributed by atoms with Crippen LogP contribution in [0.4, 0.5) is 0 Å². The summed E-state index contributed by atoms with van der Waals surface area (Å²) in [6, 6.07) is 0. The maximum absolute atomic E-state index is 13.6. The maximum Gasteiger partial charge on any atom is 0.306 e. The fraction of sp³-hybridized carbons (Fsp3) is 0.870. The van der Waals surface area contributed by atoms with Gasteiger partial charge in [-0.15, -0.1) is 0 Å². The van der Waals surface area contributed by atoms with Gasteiger partial charge in [-0.1, -0.05) is 27.7 Å². The zero-order valence-corrected chi connectivity index (χ0v) is 18.7. The number of ether oxygens (including phenoxy) is 3. The lowest BCUT2D eigenvalue weighted by Crippen LogP contribution is -2.75. The molecule has 7 heteroatoms. The van der Waals surface area contributed by atoms with Crippen LogP contribution in [0.15, 0.2) is 0 Å². The van der Waals surface area contributed by atoms with Gasteiger partial charge in [0.15, 0.2) is 5.78 Å². The van der Waals surface area contributed by atoms with E-state index in [0.29, 0.717) is 12.8 Å². The van der Waals surface area contributed by atoms with Crippen LogP contribution >= 0.6 is 0 Å². The summed E-state index contributed by atoms with van der Waals surface area (Å²) in [5.74, 6) is -1.37. The van der Waals surface area contributed by atoms with Crippen LogP contribution in [0, 0.1) is 40.4 Å². The van der Waals surface area contributed by atoms with Gasteiger partial charge in [-0.2, -0.15) is 0 Å². The molecule has 0 aromatic carbocycles. The van der Waals surface area contributed by atoms with Crippen LogP contribution in [-0.2, 0) is 28.6 Å². The lowest BCUT2D eigenvalue weighted by Gasteiger charge is -2.69. The van der Waals surface area contributed by atoms with Crippen molar-refractivity contribution in [1.82, 2.24) is 0 Å². The van der Waals surface area contributed by atoms with Gasteiger partial charge in [-0.3, -0.25) is 14.4 Å². The van der Waals surface area contributed by atoms with Gasteiger partial charge in [0.25, 0.3) is 0 Å². The first-order valence-electron chi connectivity index (χ1n) is 11.1. The first kappa shape index (κ1) is 21.8. The van der Waals surface area contributed by atoms with E-state index >= 15 is 0 Å². The number of fused-ring (bicyclic) bond motifs is 2. The quantitative estimate of drug-likeness (QED) is 0.681. The van der Waals surface area contributed by atoms with E-state index in [9.17, 15) is 19.5 Å². The van der Waals surface area contributed by atoms with Gasteiger partial charge in [-0.25, -0.2) is 0 Å². The minimum Gasteiger partial charge on any atom is -0.462 e. The van der Waals surface area contributed by atoms with E-state index < -0.39 is 41.0 Å². The minimum absolute atomic E-state index is 0.0582. The smallest absolute Gasteiger partial charge is 0.306 e. The van der Waals surface area contributed by atoms with E-state index in [1.54, 1.807) is 7.11 Å². The predicted molar refractivity (Wildman–Crippen MR) is 106 cm³/mol. The molecule has 30 heavy (non-hydrogen) atoms. The van der Waals surface area contributed by atoms with Crippen LogP contribution in [0.1, 0.15) is 53.9 Å². The number of carbonyl (C=O) groups excluding carboxylic acids is 3. The zero-order valence-electron chi connectivity index (χ0n) is 18.7. The fourth-order valence-electron chi connectivity index (χ4n) is 8.04. The summed E-state index contributed by atoms with van der Waals surface area (Å²) in [4.78, 5) is 38.3. The number of ketones is 1. The number of carbonyl (C=O) groups is 3. The Kier molecular flexibility index (Phi) is 5.09. The summed E-state index contributed by atoms with van der Waals surface area (Å²) in [6.07, 6.45) is -1.25. The largest absolute Gasteiger partial charge is 0.462 e. The summed E-state index contributed by atoms with van der Waals surface area (Å²) in [5, 5.41) is 10.6. The number of methoxy groups -OCH3 is 1. The molecule has 4 rings (SSSR count). The molecule has 0 aromatic rings. The van der Waals surface area contributed by atoms with Crippen LogP contribution in [0.25, 0.3) is 0 Å². The van der Waals surface area contributed by atoms with Gasteiger partial charge >= 0.3 is 11.9 Å². The summed E-state index contributed by atoms with van der Waals surface area (Å²) < 4.78 is 17.6. The minimum atomic E-state index is -1.04. The molecule has 7 nitrogen and oxygen atoms in total. The molecule has 0 bridgehead atoms. The third-order valence-electron chi connectivity index (χ3n) is 9.20. The first-order chi connectivity index (χ1) is 14.0. The van der Waals surface area contributed by atoms with E-state index in [0.717, 1.165) is 0 Å². The summed E-state index contributed by atoms with van der Waals surface area (Å²) in [7, 11) is 1.59. The Morgan fingerprint density at radius 3 is 2.40 bits per heavy atom. The van der Waals surface area contributed by atoms with E-state index in [1.807, 2.05) is 20.8 Å². The third-order valence-corrected chi connectivity index (χ3v) is 9.20. The number of hydrogen-bond donors (Lipinski definition) is 1. The average Bonchev–Trinajstić information content (AvgIpc) is 2.64. The van der Waals surface area contributed by atoms with Crippen LogP contribution < -0.4 is 0 Å². The van der Waals surface area contributed by atoms with E-state index in [1.165, 1.54) is 6.92 Å². The van der Waals surface area contributed by atoms with Crippen molar-refractivity contribution < 1.29 is 33.7 Å². The highest BCUT2D eigenvalue weighted by molar-refractivity contribution is 5.90. The Morgan fingerprint density at radius 2 is 1.80 bits per heavy atom. The molecule has 0 radical (unpaired) electrons. The molecule has 1 N–H and O–H groups in total. The SMILES string of the molecule is CO[C@@H]1[C@@H](OC(C)=O)[C@H]2[C@@]3(C)C(C[C@H]4[C@H](C)C[C@H](O)C(=O)[C@@]42C)OC(=O)CC3[C@H]1C. The molecule has 0 aromatic heterocycles. The van der Waals surface area contributed by atoms with Crippen molar-refractivity contribution in [3.05, 3.63) is 0 Å². The third kappa shape index (κ3) is 2.67. The Balaban J connectivity index is 1.95. The second kappa shape index (κ2) is 7.02. The molecule has 168 valence electrons. The van der Waals surface area contributed by atoms with Crippen molar-refractivity contribution in [1.29, 1.82) is 0 Å². The Bertz CT molecular complexity index is 765. The first-order valence-corrected chi connectivity index (χ1v) is 11.1. The number of aliphatic hydroxyl groups is 1. The predicted octanol–water partition coefficient (Wildman–Crippen LogP) is 2.13. The summed E-state index contributed by atoms with van der Waals surface area (Å²) in [5.41, 5.74) is -1.46. The van der Waals surface area contributed by atoms with Gasteiger partial charge in [0, 0.05) is 37.2 Å². The molecule has 4 fully saturated rings. The number of hydrogen-bond acceptors (Lipinski definition) is 7. The normalized spacial score (nSPS) is 52.7. The van der Waals surface area contributed by atoms with Gasteiger partial charge in [0.1, 0.15) is 18.3 Å². The molecular weight excluding hydrogens is 388 g/mol. The molecule has 4 aliphatic rings. The molecule has 3 saturated carbocycles. The van der Waals surface area contributed by atoms with Gasteiger partial charge in [-0.05, 0) is 36.5 Å². The van der Waals surface area contributed by atoms with Gasteiger partial charge in [0.2, 0.25) is 0 Å². The summed E-state index contributed by atoms with van der Waals surface area (Å²) >= 11 is 0. The number of Topliss-reactive ketones (excluding diaryl/α,β-unsaturated/α-hetero) is 1. The fourth-order valence-corrected chi connectivity index (χ4v) is 8.04. The Labute approximate surface area is 177 Å². The lowest BCUT2D eigenvalue weighted by atomic mass is 9.37. The molecule has 1 saturated heterocycles. The van der Waals surface area contributed by atoms with Gasteiger partial charge in [0.05, 0.1) is 6.10 Å². The Morgan fingerprint density at radius 1 is 1.13 bits per heavy atom. The van der Waals surface area contributed by atoms with Crippen molar-refractivity contribution in [2.45, 2.75) is 78.3 Å². The van der Waals surface area contributed by atoms with Crippen molar-refractivity contribution in [2.75, 3.05) is 7.11 Å². The molecule has 11 atom stereocenters. The topological polar surface area (TPSA) is 99.1 Å². The monoisotopic (exact) mass is 422 g/mol. The maximum atomic E-state index is 13.6. The van der Waals surface area contributed by atoms with Crippen LogP contribution in [0.3, 0.4) is 0 Å². The van der Waals surface area contributed by atoms with Crippen molar-refractivity contribution >= 4 is 17.7 Å². The Hall–Kier alpha value is -1.47. The molecule has 0 amide bonds. The van der Waals surface area contributed by atoms with Crippen LogP contribution in [-0.4, -0.2) is 54.4 Å². The number of aliphatic hydroxyl groups excluding tert-OH is 1. The molecule has 3 aliphatic carbocycles. The summed E-state index contributed by atoms with van der Waals surface area (Å²) in [6.45, 7) is 9.45. The number of esters is 2.